The van der Waals surface area contributed by atoms with Gasteiger partial charge in [-0.15, -0.1) is 0 Å². The summed E-state index contributed by atoms with van der Waals surface area (Å²) < 4.78 is 41.1. The molecule has 0 aliphatic rings. The average molecular weight is 458 g/mol. The van der Waals surface area contributed by atoms with Crippen LogP contribution in [0.5, 0.6) is 0 Å². The van der Waals surface area contributed by atoms with Crippen molar-refractivity contribution in [2.75, 3.05) is 16.2 Å². The summed E-state index contributed by atoms with van der Waals surface area (Å²) in [6, 6.07) is 20.3. The van der Waals surface area contributed by atoms with Gasteiger partial charge in [0.05, 0.1) is 16.1 Å². The smallest absolute Gasteiger partial charge is 0.264 e. The summed E-state index contributed by atoms with van der Waals surface area (Å²) in [7, 11) is -3.75. The van der Waals surface area contributed by atoms with Crippen molar-refractivity contribution in [3.63, 3.8) is 0 Å². The third-order valence-corrected chi connectivity index (χ3v) is 6.50. The third-order valence-electron chi connectivity index (χ3n) is 4.38. The van der Waals surface area contributed by atoms with E-state index < -0.39 is 21.7 Å². The lowest BCUT2D eigenvalue weighted by Gasteiger charge is -2.23. The average Bonchev–Trinajstić information content (AvgIpc) is 2.75. The number of carbonyl (C=O) groups is 1. The first-order chi connectivity index (χ1) is 14.8. The van der Waals surface area contributed by atoms with Gasteiger partial charge in [-0.2, -0.15) is 0 Å². The number of benzene rings is 3. The molecule has 9 heteroatoms. The zero-order valence-corrected chi connectivity index (χ0v) is 18.2. The second kappa shape index (κ2) is 9.67. The molecule has 0 saturated carbocycles. The van der Waals surface area contributed by atoms with E-state index in [2.05, 4.69) is 10.6 Å². The molecule has 31 heavy (non-hydrogen) atoms. The highest BCUT2D eigenvalue weighted by atomic mass is 32.2. The molecule has 3 rings (SSSR count). The normalized spacial score (nSPS) is 10.9. The highest BCUT2D eigenvalue weighted by Crippen LogP contribution is 2.24. The molecule has 2 N–H and O–H groups in total. The summed E-state index contributed by atoms with van der Waals surface area (Å²) in [4.78, 5) is 12.2. The van der Waals surface area contributed by atoms with Crippen LogP contribution < -0.4 is 14.9 Å². The van der Waals surface area contributed by atoms with Gasteiger partial charge in [-0.05, 0) is 67.7 Å². The second-order valence-electron chi connectivity index (χ2n) is 6.42. The Morgan fingerprint density at radius 1 is 0.968 bits per heavy atom. The fourth-order valence-electron chi connectivity index (χ4n) is 2.90. The molecular weight excluding hydrogens is 437 g/mol. The number of amides is 1. The number of anilines is 2. The Labute approximate surface area is 185 Å². The Hall–Kier alpha value is -3.30. The van der Waals surface area contributed by atoms with Crippen molar-refractivity contribution >= 4 is 44.6 Å². The molecule has 0 aromatic heterocycles. The molecule has 0 aliphatic carbocycles. The molecule has 0 heterocycles. The van der Waals surface area contributed by atoms with Gasteiger partial charge >= 0.3 is 0 Å². The van der Waals surface area contributed by atoms with E-state index in [-0.39, 0.29) is 22.1 Å². The van der Waals surface area contributed by atoms with Gasteiger partial charge in [0.2, 0.25) is 0 Å². The lowest BCUT2D eigenvalue weighted by Crippen LogP contribution is -2.34. The number of nitrogens with one attached hydrogen (secondary N) is 2. The molecule has 0 saturated heterocycles. The highest BCUT2D eigenvalue weighted by molar-refractivity contribution is 7.92. The van der Waals surface area contributed by atoms with E-state index in [9.17, 15) is 17.6 Å². The van der Waals surface area contributed by atoms with Crippen LogP contribution in [0.15, 0.2) is 83.8 Å². The number of rotatable bonds is 6. The Morgan fingerprint density at radius 2 is 1.58 bits per heavy atom. The topological polar surface area (TPSA) is 78.5 Å². The lowest BCUT2D eigenvalue weighted by molar-refractivity contribution is 0.0974. The van der Waals surface area contributed by atoms with E-state index in [1.165, 1.54) is 46.8 Å². The summed E-state index contributed by atoms with van der Waals surface area (Å²) in [5.41, 5.74) is 0.915. The van der Waals surface area contributed by atoms with Crippen molar-refractivity contribution in [2.24, 2.45) is 0 Å². The Kier molecular flexibility index (Phi) is 6.98. The van der Waals surface area contributed by atoms with Gasteiger partial charge < -0.3 is 5.32 Å². The van der Waals surface area contributed by atoms with Crippen LogP contribution in [0.3, 0.4) is 0 Å². The fourth-order valence-corrected chi connectivity index (χ4v) is 4.59. The van der Waals surface area contributed by atoms with Crippen molar-refractivity contribution in [3.8, 4) is 0 Å². The molecule has 0 unspecified atom stereocenters. The first-order valence-corrected chi connectivity index (χ1v) is 11.2. The summed E-state index contributed by atoms with van der Waals surface area (Å²) in [6.07, 6.45) is 0. The number of nitrogens with zero attached hydrogens (tertiary/aromatic N) is 1. The van der Waals surface area contributed by atoms with Crippen molar-refractivity contribution in [1.82, 2.24) is 5.32 Å². The van der Waals surface area contributed by atoms with Crippen LogP contribution in [0.25, 0.3) is 0 Å². The van der Waals surface area contributed by atoms with Gasteiger partial charge in [-0.3, -0.25) is 14.4 Å². The lowest BCUT2D eigenvalue weighted by atomic mass is 10.2. The van der Waals surface area contributed by atoms with Crippen molar-refractivity contribution in [3.05, 3.63) is 90.2 Å². The van der Waals surface area contributed by atoms with Gasteiger partial charge in [-0.1, -0.05) is 30.3 Å². The van der Waals surface area contributed by atoms with E-state index in [1.807, 2.05) is 6.07 Å². The van der Waals surface area contributed by atoms with Gasteiger partial charge in [0.25, 0.3) is 15.9 Å². The number of para-hydroxylation sites is 1. The van der Waals surface area contributed by atoms with Gasteiger partial charge in [0.15, 0.2) is 5.11 Å². The minimum atomic E-state index is -3.75. The number of halogens is 1. The molecule has 6 nitrogen and oxygen atoms in total. The monoisotopic (exact) mass is 457 g/mol. The molecule has 3 aromatic carbocycles. The number of thiocarbonyl (C=S) groups is 1. The van der Waals surface area contributed by atoms with E-state index in [0.29, 0.717) is 11.4 Å². The predicted octanol–water partition coefficient (Wildman–Crippen LogP) is 4.17. The van der Waals surface area contributed by atoms with Gasteiger partial charge in [0, 0.05) is 12.2 Å². The molecule has 0 aliphatic heterocycles. The summed E-state index contributed by atoms with van der Waals surface area (Å²) in [5.74, 6) is -1.34. The second-order valence-corrected chi connectivity index (χ2v) is 8.69. The van der Waals surface area contributed by atoms with Crippen molar-refractivity contribution in [1.29, 1.82) is 0 Å². The van der Waals surface area contributed by atoms with Gasteiger partial charge in [0.1, 0.15) is 5.82 Å². The molecule has 160 valence electrons. The SMILES string of the molecule is CCN(c1ccccc1)S(=O)(=O)c1ccc(NC(=S)NC(=O)c2ccccc2F)cc1. The maximum atomic E-state index is 13.7. The van der Waals surface area contributed by atoms with Crippen LogP contribution in [-0.2, 0) is 10.0 Å². The van der Waals surface area contributed by atoms with Crippen molar-refractivity contribution < 1.29 is 17.6 Å². The molecule has 0 bridgehead atoms. The standard InChI is InChI=1S/C22H20FN3O3S2/c1-2-26(17-8-4-3-5-9-17)31(28,29)18-14-12-16(13-15-18)24-22(30)25-21(27)19-10-6-7-11-20(19)23/h3-15H,2H2,1H3,(H2,24,25,27,30). The summed E-state index contributed by atoms with van der Waals surface area (Å²) in [6.45, 7) is 2.04. The molecule has 0 spiro atoms. The summed E-state index contributed by atoms with van der Waals surface area (Å²) >= 11 is 5.09. The van der Waals surface area contributed by atoms with Gasteiger partial charge in [-0.25, -0.2) is 12.8 Å². The van der Waals surface area contributed by atoms with Crippen LogP contribution in [0, 0.1) is 5.82 Å². The van der Waals surface area contributed by atoms with Crippen LogP contribution in [-0.4, -0.2) is 26.0 Å². The number of carbonyl (C=O) groups excluding carboxylic acids is 1. The molecule has 0 radical (unpaired) electrons. The van der Waals surface area contributed by atoms with Crippen LogP contribution in [0.2, 0.25) is 0 Å². The summed E-state index contributed by atoms with van der Waals surface area (Å²) in [5, 5.41) is 5.14. The van der Waals surface area contributed by atoms with Crippen molar-refractivity contribution in [2.45, 2.75) is 11.8 Å². The van der Waals surface area contributed by atoms with Crippen LogP contribution >= 0.6 is 12.2 Å². The maximum Gasteiger partial charge on any atom is 0.264 e. The first kappa shape index (κ1) is 22.4. The highest BCUT2D eigenvalue weighted by Gasteiger charge is 2.23. The minimum absolute atomic E-state index is 0.0386. The van der Waals surface area contributed by atoms with E-state index >= 15 is 0 Å². The molecule has 0 fully saturated rings. The number of hydrogen-bond acceptors (Lipinski definition) is 4. The minimum Gasteiger partial charge on any atom is -0.332 e. The van der Waals surface area contributed by atoms with E-state index in [4.69, 9.17) is 12.2 Å². The molecular formula is C22H20FN3O3S2. The molecule has 0 atom stereocenters. The quantitative estimate of drug-likeness (QED) is 0.544. The van der Waals surface area contributed by atoms with E-state index in [0.717, 1.165) is 0 Å². The molecule has 1 amide bonds. The number of sulfonamides is 1. The van der Waals surface area contributed by atoms with Crippen LogP contribution in [0.4, 0.5) is 15.8 Å². The third kappa shape index (κ3) is 5.25. The zero-order chi connectivity index (χ0) is 22.4. The predicted molar refractivity (Wildman–Crippen MR) is 123 cm³/mol. The number of hydrogen-bond donors (Lipinski definition) is 2. The Bertz CT molecular complexity index is 1180. The fraction of sp³-hybridized carbons (Fsp3) is 0.0909. The van der Waals surface area contributed by atoms with E-state index in [1.54, 1.807) is 37.3 Å². The Morgan fingerprint density at radius 3 is 2.19 bits per heavy atom. The maximum absolute atomic E-state index is 13.7. The molecule has 3 aromatic rings. The Balaban J connectivity index is 1.70. The zero-order valence-electron chi connectivity index (χ0n) is 16.6. The first-order valence-electron chi connectivity index (χ1n) is 9.37. The van der Waals surface area contributed by atoms with Crippen LogP contribution in [0.1, 0.15) is 17.3 Å². The largest absolute Gasteiger partial charge is 0.332 e.